The molecule has 4 atom stereocenters. The topological polar surface area (TPSA) is 78.0 Å². The van der Waals surface area contributed by atoms with Crippen molar-refractivity contribution in [1.29, 1.82) is 0 Å². The van der Waals surface area contributed by atoms with Crippen LogP contribution >= 0.6 is 0 Å². The number of hydrogen-bond acceptors (Lipinski definition) is 4. The molecule has 20 heavy (non-hydrogen) atoms. The molecule has 0 radical (unpaired) electrons. The molecule has 2 rings (SSSR count). The van der Waals surface area contributed by atoms with E-state index in [1.54, 1.807) is 0 Å². The maximum Gasteiger partial charge on any atom is 0.0864 e. The fourth-order valence-corrected chi connectivity index (χ4v) is 4.11. The summed E-state index contributed by atoms with van der Waals surface area (Å²) in [5, 5.41) is 20.0. The molecule has 1 saturated heterocycles. The van der Waals surface area contributed by atoms with Crippen LogP contribution in [-0.4, -0.2) is 36.7 Å². The minimum absolute atomic E-state index is 0.105. The summed E-state index contributed by atoms with van der Waals surface area (Å²) in [5.74, 6) is 0.576. The molecule has 0 amide bonds. The van der Waals surface area contributed by atoms with Crippen LogP contribution in [-0.2, 0) is 10.8 Å². The molecule has 0 saturated carbocycles. The Morgan fingerprint density at radius 2 is 2.35 bits per heavy atom. The van der Waals surface area contributed by atoms with E-state index in [2.05, 4.69) is 36.3 Å². The van der Waals surface area contributed by atoms with Crippen LogP contribution in [0.15, 0.2) is 12.4 Å². The summed E-state index contributed by atoms with van der Waals surface area (Å²) < 4.78 is 12.1. The molecule has 5 nitrogen and oxygen atoms in total. The first-order chi connectivity index (χ1) is 9.35. The van der Waals surface area contributed by atoms with Gasteiger partial charge in [0.15, 0.2) is 0 Å². The average molecular weight is 299 g/mol. The molecule has 0 bridgehead atoms. The summed E-state index contributed by atoms with van der Waals surface area (Å²) in [5.41, 5.74) is 1.24. The number of aliphatic hydroxyl groups excluding tert-OH is 1. The van der Waals surface area contributed by atoms with Crippen LogP contribution in [0, 0.1) is 5.41 Å². The van der Waals surface area contributed by atoms with E-state index in [1.165, 1.54) is 0 Å². The van der Waals surface area contributed by atoms with Crippen molar-refractivity contribution in [2.45, 2.75) is 57.6 Å². The van der Waals surface area contributed by atoms with Gasteiger partial charge < -0.3 is 5.11 Å². The minimum atomic E-state index is -0.911. The molecule has 6 heteroatoms. The number of hydrogen-bond donors (Lipinski definition) is 3. The second-order valence-electron chi connectivity index (χ2n) is 6.77. The first-order valence-corrected chi connectivity index (χ1v) is 8.53. The standard InChI is InChI=1S/C14H25N3O2S/c1-14(2,3)7-12(10-8-15-16-9-10)17-13-6-11(18)4-5-20(13)19/h8-9,11-13,17-18H,4-7H2,1-3H3,(H,15,16). The third kappa shape index (κ3) is 4.40. The van der Waals surface area contributed by atoms with Gasteiger partial charge >= 0.3 is 0 Å². The highest BCUT2D eigenvalue weighted by Gasteiger charge is 2.30. The Kier molecular flexibility index (Phi) is 4.99. The summed E-state index contributed by atoms with van der Waals surface area (Å²) >= 11 is 0. The van der Waals surface area contributed by atoms with Gasteiger partial charge in [0.1, 0.15) is 0 Å². The van der Waals surface area contributed by atoms with Crippen LogP contribution in [0.3, 0.4) is 0 Å². The molecule has 4 unspecified atom stereocenters. The maximum absolute atomic E-state index is 12.1. The number of nitrogens with zero attached hydrogens (tertiary/aromatic N) is 1. The number of aliphatic hydroxyl groups is 1. The molecule has 0 aromatic carbocycles. The summed E-state index contributed by atoms with van der Waals surface area (Å²) in [6, 6.07) is 0.105. The average Bonchev–Trinajstić information content (AvgIpc) is 2.85. The number of rotatable bonds is 4. The van der Waals surface area contributed by atoms with Gasteiger partial charge in [-0.2, -0.15) is 5.10 Å². The highest BCUT2D eigenvalue weighted by molar-refractivity contribution is 7.85. The Balaban J connectivity index is 2.09. The van der Waals surface area contributed by atoms with Crippen molar-refractivity contribution in [3.05, 3.63) is 18.0 Å². The summed E-state index contributed by atoms with van der Waals surface area (Å²) in [4.78, 5) is 0. The van der Waals surface area contributed by atoms with Gasteiger partial charge in [0.05, 0.1) is 17.7 Å². The van der Waals surface area contributed by atoms with Crippen molar-refractivity contribution < 1.29 is 9.32 Å². The van der Waals surface area contributed by atoms with Crippen molar-refractivity contribution >= 4 is 10.8 Å². The molecule has 0 spiro atoms. The fraction of sp³-hybridized carbons (Fsp3) is 0.786. The Bertz CT molecular complexity index is 442. The second kappa shape index (κ2) is 6.37. The molecule has 2 heterocycles. The molecule has 1 fully saturated rings. The van der Waals surface area contributed by atoms with Crippen LogP contribution in [0.1, 0.15) is 51.6 Å². The third-order valence-corrected chi connectivity index (χ3v) is 5.18. The Hall–Kier alpha value is -0.720. The first-order valence-electron chi connectivity index (χ1n) is 7.15. The normalized spacial score (nSPS) is 29.3. The van der Waals surface area contributed by atoms with Gasteiger partial charge in [-0.05, 0) is 18.3 Å². The fourth-order valence-electron chi connectivity index (χ4n) is 2.57. The molecular formula is C14H25N3O2S. The quantitative estimate of drug-likeness (QED) is 0.791. The third-order valence-electron chi connectivity index (χ3n) is 3.58. The van der Waals surface area contributed by atoms with Crippen molar-refractivity contribution in [1.82, 2.24) is 15.5 Å². The maximum atomic E-state index is 12.1. The van der Waals surface area contributed by atoms with Crippen molar-refractivity contribution in [3.8, 4) is 0 Å². The lowest BCUT2D eigenvalue weighted by Gasteiger charge is -2.32. The van der Waals surface area contributed by atoms with Crippen molar-refractivity contribution in [2.75, 3.05) is 5.75 Å². The predicted octanol–water partition coefficient (Wildman–Crippen LogP) is 1.71. The monoisotopic (exact) mass is 299 g/mol. The second-order valence-corrected chi connectivity index (χ2v) is 8.51. The molecule has 1 aromatic rings. The van der Waals surface area contributed by atoms with Gasteiger partial charge in [0.25, 0.3) is 0 Å². The van der Waals surface area contributed by atoms with Crippen LogP contribution in [0.4, 0.5) is 0 Å². The van der Waals surface area contributed by atoms with Gasteiger partial charge in [-0.1, -0.05) is 20.8 Å². The van der Waals surface area contributed by atoms with Gasteiger partial charge in [-0.15, -0.1) is 0 Å². The van der Waals surface area contributed by atoms with E-state index in [9.17, 15) is 9.32 Å². The molecule has 0 aliphatic carbocycles. The van der Waals surface area contributed by atoms with E-state index in [0.29, 0.717) is 18.6 Å². The first kappa shape index (κ1) is 15.7. The van der Waals surface area contributed by atoms with E-state index in [4.69, 9.17) is 0 Å². The van der Waals surface area contributed by atoms with Gasteiger partial charge in [0, 0.05) is 40.8 Å². The smallest absolute Gasteiger partial charge is 0.0864 e. The van der Waals surface area contributed by atoms with Gasteiger partial charge in [-0.3, -0.25) is 14.6 Å². The minimum Gasteiger partial charge on any atom is -0.393 e. The van der Waals surface area contributed by atoms with Gasteiger partial charge in [-0.25, -0.2) is 0 Å². The van der Waals surface area contributed by atoms with Crippen LogP contribution in [0.5, 0.6) is 0 Å². The van der Waals surface area contributed by atoms with Gasteiger partial charge in [0.2, 0.25) is 0 Å². The lowest BCUT2D eigenvalue weighted by molar-refractivity contribution is 0.147. The molecular weight excluding hydrogens is 274 g/mol. The number of nitrogens with one attached hydrogen (secondary N) is 2. The number of aromatic amines is 1. The molecule has 1 aliphatic heterocycles. The molecule has 114 valence electrons. The van der Waals surface area contributed by atoms with Crippen LogP contribution in [0.25, 0.3) is 0 Å². The molecule has 1 aromatic heterocycles. The van der Waals surface area contributed by atoms with E-state index >= 15 is 0 Å². The predicted molar refractivity (Wildman–Crippen MR) is 80.6 cm³/mol. The van der Waals surface area contributed by atoms with Crippen molar-refractivity contribution in [2.24, 2.45) is 5.41 Å². The highest BCUT2D eigenvalue weighted by atomic mass is 32.2. The van der Waals surface area contributed by atoms with E-state index < -0.39 is 10.8 Å². The molecule has 1 aliphatic rings. The van der Waals surface area contributed by atoms with E-state index in [1.807, 2.05) is 12.4 Å². The van der Waals surface area contributed by atoms with E-state index in [0.717, 1.165) is 12.0 Å². The highest BCUT2D eigenvalue weighted by Crippen LogP contribution is 2.30. The number of H-pyrrole nitrogens is 1. The lowest BCUT2D eigenvalue weighted by Crippen LogP contribution is -2.44. The lowest BCUT2D eigenvalue weighted by atomic mass is 9.86. The summed E-state index contributed by atoms with van der Waals surface area (Å²) in [6.07, 6.45) is 5.48. The van der Waals surface area contributed by atoms with Crippen LogP contribution in [0.2, 0.25) is 0 Å². The van der Waals surface area contributed by atoms with Crippen molar-refractivity contribution in [3.63, 3.8) is 0 Å². The Morgan fingerprint density at radius 3 is 2.95 bits per heavy atom. The largest absolute Gasteiger partial charge is 0.393 e. The SMILES string of the molecule is CC(C)(C)CC(NC1CC(O)CCS1=O)c1cn[nH]c1. The zero-order valence-electron chi connectivity index (χ0n) is 12.4. The molecule has 3 N–H and O–H groups in total. The zero-order chi connectivity index (χ0) is 14.8. The Morgan fingerprint density at radius 1 is 1.60 bits per heavy atom. The zero-order valence-corrected chi connectivity index (χ0v) is 13.2. The van der Waals surface area contributed by atoms with E-state index in [-0.39, 0.29) is 22.9 Å². The van der Waals surface area contributed by atoms with Crippen LogP contribution < -0.4 is 5.32 Å². The summed E-state index contributed by atoms with van der Waals surface area (Å²) in [6.45, 7) is 6.57. The summed E-state index contributed by atoms with van der Waals surface area (Å²) in [7, 11) is -0.911. The Labute approximate surface area is 123 Å². The number of aromatic nitrogens is 2.